The highest BCUT2D eigenvalue weighted by Crippen LogP contribution is 2.27. The number of ether oxygens (including phenoxy) is 1. The van der Waals surface area contributed by atoms with Crippen molar-refractivity contribution in [3.8, 4) is 11.5 Å². The Morgan fingerprint density at radius 2 is 2.00 bits per heavy atom. The summed E-state index contributed by atoms with van der Waals surface area (Å²) in [6.45, 7) is 0. The van der Waals surface area contributed by atoms with Gasteiger partial charge in [0.25, 0.3) is 5.91 Å². The number of hydrogen-bond acceptors (Lipinski definition) is 4. The summed E-state index contributed by atoms with van der Waals surface area (Å²) < 4.78 is 31.4. The molecule has 2 aromatic rings. The van der Waals surface area contributed by atoms with Gasteiger partial charge < -0.3 is 20.9 Å². The van der Waals surface area contributed by atoms with E-state index in [2.05, 4.69) is 5.32 Å². The lowest BCUT2D eigenvalue weighted by molar-refractivity contribution is 0.102. The molecule has 0 atom stereocenters. The molecule has 2 rings (SSSR count). The van der Waals surface area contributed by atoms with E-state index in [4.69, 9.17) is 10.5 Å². The van der Waals surface area contributed by atoms with Crippen LogP contribution in [0.15, 0.2) is 30.3 Å². The quantitative estimate of drug-likeness (QED) is 0.759. The molecule has 0 saturated heterocycles. The van der Waals surface area contributed by atoms with Gasteiger partial charge >= 0.3 is 0 Å². The lowest BCUT2D eigenvalue weighted by Gasteiger charge is -2.11. The lowest BCUT2D eigenvalue weighted by atomic mass is 10.1. The van der Waals surface area contributed by atoms with E-state index in [1.165, 1.54) is 25.3 Å². The number of phenols is 1. The maximum absolute atomic E-state index is 13.6. The molecule has 0 bridgehead atoms. The van der Waals surface area contributed by atoms with Crippen molar-refractivity contribution in [1.29, 1.82) is 0 Å². The maximum Gasteiger partial charge on any atom is 0.259 e. The Morgan fingerprint density at radius 3 is 2.57 bits per heavy atom. The van der Waals surface area contributed by atoms with Crippen molar-refractivity contribution in [1.82, 2.24) is 0 Å². The molecule has 0 aliphatic rings. The number of anilines is 2. The normalized spacial score (nSPS) is 10.2. The fourth-order valence-electron chi connectivity index (χ4n) is 1.74. The smallest absolute Gasteiger partial charge is 0.259 e. The molecule has 0 heterocycles. The van der Waals surface area contributed by atoms with E-state index in [0.29, 0.717) is 11.8 Å². The third-order valence-electron chi connectivity index (χ3n) is 2.77. The number of halogens is 2. The van der Waals surface area contributed by atoms with Crippen molar-refractivity contribution >= 4 is 17.3 Å². The van der Waals surface area contributed by atoms with Crippen molar-refractivity contribution in [3.63, 3.8) is 0 Å². The van der Waals surface area contributed by atoms with Crippen LogP contribution in [-0.2, 0) is 0 Å². The third kappa shape index (κ3) is 3.02. The van der Waals surface area contributed by atoms with Crippen molar-refractivity contribution in [2.75, 3.05) is 18.2 Å². The largest absolute Gasteiger partial charge is 0.507 e. The molecule has 0 saturated carbocycles. The van der Waals surface area contributed by atoms with Crippen LogP contribution in [0.3, 0.4) is 0 Å². The van der Waals surface area contributed by atoms with Crippen LogP contribution in [0.5, 0.6) is 11.5 Å². The van der Waals surface area contributed by atoms with Crippen molar-refractivity contribution in [2.45, 2.75) is 0 Å². The van der Waals surface area contributed by atoms with E-state index < -0.39 is 17.5 Å². The fraction of sp³-hybridized carbons (Fsp3) is 0.0714. The van der Waals surface area contributed by atoms with Crippen LogP contribution in [0.25, 0.3) is 0 Å². The van der Waals surface area contributed by atoms with Crippen LogP contribution in [-0.4, -0.2) is 18.1 Å². The second-order valence-electron chi connectivity index (χ2n) is 4.19. The molecular formula is C14H12F2N2O3. The minimum atomic E-state index is -1.01. The SMILES string of the molecule is COc1ccc(C(=O)Nc2c(N)cc(F)cc2F)c(O)c1. The zero-order valence-electron chi connectivity index (χ0n) is 11.0. The number of aromatic hydroxyl groups is 1. The molecule has 0 spiro atoms. The van der Waals surface area contributed by atoms with E-state index in [9.17, 15) is 18.7 Å². The average Bonchev–Trinajstić information content (AvgIpc) is 2.42. The second-order valence-corrected chi connectivity index (χ2v) is 4.19. The van der Waals surface area contributed by atoms with Gasteiger partial charge in [0.2, 0.25) is 0 Å². The molecule has 0 unspecified atom stereocenters. The molecule has 0 radical (unpaired) electrons. The fourth-order valence-corrected chi connectivity index (χ4v) is 1.74. The number of nitrogens with one attached hydrogen (secondary N) is 1. The zero-order valence-corrected chi connectivity index (χ0v) is 11.0. The number of methoxy groups -OCH3 is 1. The summed E-state index contributed by atoms with van der Waals surface area (Å²) in [6, 6.07) is 5.48. The summed E-state index contributed by atoms with van der Waals surface area (Å²) >= 11 is 0. The number of phenolic OH excluding ortho intramolecular Hbond substituents is 1. The van der Waals surface area contributed by atoms with E-state index >= 15 is 0 Å². The lowest BCUT2D eigenvalue weighted by Crippen LogP contribution is -2.15. The number of nitrogens with two attached hydrogens (primary N) is 1. The molecule has 0 aliphatic carbocycles. The van der Waals surface area contributed by atoms with Gasteiger partial charge in [-0.1, -0.05) is 0 Å². The Hall–Kier alpha value is -2.83. The van der Waals surface area contributed by atoms with Gasteiger partial charge in [-0.3, -0.25) is 4.79 Å². The minimum absolute atomic E-state index is 0.0982. The highest BCUT2D eigenvalue weighted by molar-refractivity contribution is 6.07. The Balaban J connectivity index is 2.30. The van der Waals surface area contributed by atoms with Gasteiger partial charge in [0.1, 0.15) is 23.0 Å². The van der Waals surface area contributed by atoms with Gasteiger partial charge in [0.15, 0.2) is 5.82 Å². The molecule has 110 valence electrons. The average molecular weight is 294 g/mol. The van der Waals surface area contributed by atoms with Crippen LogP contribution in [0.2, 0.25) is 0 Å². The highest BCUT2D eigenvalue weighted by Gasteiger charge is 2.16. The number of nitrogen functional groups attached to an aromatic ring is 1. The summed E-state index contributed by atoms with van der Waals surface area (Å²) in [6.07, 6.45) is 0. The summed E-state index contributed by atoms with van der Waals surface area (Å²) in [4.78, 5) is 12.0. The Labute approximate surface area is 119 Å². The van der Waals surface area contributed by atoms with Crippen LogP contribution in [0.4, 0.5) is 20.2 Å². The van der Waals surface area contributed by atoms with Crippen LogP contribution in [0.1, 0.15) is 10.4 Å². The number of carbonyl (C=O) groups is 1. The zero-order chi connectivity index (χ0) is 15.6. The van der Waals surface area contributed by atoms with Crippen LogP contribution in [0, 0.1) is 11.6 Å². The van der Waals surface area contributed by atoms with Crippen molar-refractivity contribution < 1.29 is 23.4 Å². The molecule has 0 aliphatic heterocycles. The Kier molecular flexibility index (Phi) is 3.93. The maximum atomic E-state index is 13.6. The molecular weight excluding hydrogens is 282 g/mol. The molecule has 0 aromatic heterocycles. The van der Waals surface area contributed by atoms with Crippen molar-refractivity contribution in [2.24, 2.45) is 0 Å². The first-order valence-corrected chi connectivity index (χ1v) is 5.85. The molecule has 4 N–H and O–H groups in total. The monoisotopic (exact) mass is 294 g/mol. The third-order valence-corrected chi connectivity index (χ3v) is 2.77. The van der Waals surface area contributed by atoms with Crippen LogP contribution < -0.4 is 15.8 Å². The Morgan fingerprint density at radius 1 is 1.29 bits per heavy atom. The topological polar surface area (TPSA) is 84.6 Å². The molecule has 0 fully saturated rings. The van der Waals surface area contributed by atoms with Gasteiger partial charge in [-0.15, -0.1) is 0 Å². The van der Waals surface area contributed by atoms with E-state index in [0.717, 1.165) is 6.07 Å². The summed E-state index contributed by atoms with van der Waals surface area (Å²) in [5, 5.41) is 11.9. The minimum Gasteiger partial charge on any atom is -0.507 e. The first kappa shape index (κ1) is 14.6. The number of hydrogen-bond donors (Lipinski definition) is 3. The summed E-state index contributed by atoms with van der Waals surface area (Å²) in [5.74, 6) is -2.62. The molecule has 5 nitrogen and oxygen atoms in total. The predicted octanol–water partition coefficient (Wildman–Crippen LogP) is 2.51. The summed E-state index contributed by atoms with van der Waals surface area (Å²) in [7, 11) is 1.41. The number of amides is 1. The molecule has 7 heteroatoms. The molecule has 2 aromatic carbocycles. The molecule has 1 amide bonds. The predicted molar refractivity (Wildman–Crippen MR) is 73.4 cm³/mol. The van der Waals surface area contributed by atoms with Gasteiger partial charge in [-0.2, -0.15) is 0 Å². The highest BCUT2D eigenvalue weighted by atomic mass is 19.1. The van der Waals surface area contributed by atoms with Crippen LogP contribution >= 0.6 is 0 Å². The van der Waals surface area contributed by atoms with Crippen molar-refractivity contribution in [3.05, 3.63) is 47.5 Å². The molecule has 21 heavy (non-hydrogen) atoms. The van der Waals surface area contributed by atoms with Gasteiger partial charge in [-0.05, 0) is 18.2 Å². The van der Waals surface area contributed by atoms with Gasteiger partial charge in [0, 0.05) is 12.1 Å². The number of benzene rings is 2. The second kappa shape index (κ2) is 5.66. The van der Waals surface area contributed by atoms with Gasteiger partial charge in [-0.25, -0.2) is 8.78 Å². The standard InChI is InChI=1S/C14H12F2N2O3/c1-21-8-2-3-9(12(19)6-8)14(20)18-13-10(16)4-7(15)5-11(13)17/h2-6,19H,17H2,1H3,(H,18,20). The summed E-state index contributed by atoms with van der Waals surface area (Å²) in [5.41, 5.74) is 4.75. The first-order valence-electron chi connectivity index (χ1n) is 5.85. The van der Waals surface area contributed by atoms with E-state index in [1.54, 1.807) is 0 Å². The van der Waals surface area contributed by atoms with E-state index in [1.807, 2.05) is 0 Å². The Bertz CT molecular complexity index is 682. The first-order chi connectivity index (χ1) is 9.92. The number of carbonyl (C=O) groups excluding carboxylic acids is 1. The van der Waals surface area contributed by atoms with Gasteiger partial charge in [0.05, 0.1) is 18.4 Å². The van der Waals surface area contributed by atoms with E-state index in [-0.39, 0.29) is 22.7 Å². The number of rotatable bonds is 3.